The lowest BCUT2D eigenvalue weighted by molar-refractivity contribution is -0.0256. The molecule has 3 atom stereocenters. The second-order valence-electron chi connectivity index (χ2n) is 5.28. The molecule has 1 aromatic rings. The summed E-state index contributed by atoms with van der Waals surface area (Å²) in [6, 6.07) is 5.40. The van der Waals surface area contributed by atoms with Crippen molar-refractivity contribution in [3.63, 3.8) is 0 Å². The van der Waals surface area contributed by atoms with Crippen molar-refractivity contribution in [2.24, 2.45) is 5.92 Å². The third-order valence-electron chi connectivity index (χ3n) is 3.51. The Morgan fingerprint density at radius 3 is 2.88 bits per heavy atom. The Balaban J connectivity index is 1.86. The molecule has 0 aliphatic carbocycles. The van der Waals surface area contributed by atoms with Crippen LogP contribution in [0.4, 0.5) is 0 Å². The van der Waals surface area contributed by atoms with Crippen LogP contribution < -0.4 is 5.32 Å². The van der Waals surface area contributed by atoms with Crippen LogP contribution >= 0.6 is 11.3 Å². The molecule has 2 heterocycles. The van der Waals surface area contributed by atoms with Crippen LogP contribution in [0.3, 0.4) is 0 Å². The summed E-state index contributed by atoms with van der Waals surface area (Å²) in [6.07, 6.45) is 2.71. The van der Waals surface area contributed by atoms with E-state index in [0.29, 0.717) is 24.1 Å². The van der Waals surface area contributed by atoms with E-state index in [0.717, 1.165) is 19.4 Å². The van der Waals surface area contributed by atoms with Crippen molar-refractivity contribution in [1.82, 2.24) is 5.32 Å². The molecule has 1 fully saturated rings. The van der Waals surface area contributed by atoms with E-state index >= 15 is 0 Å². The van der Waals surface area contributed by atoms with Gasteiger partial charge in [0.05, 0.1) is 6.10 Å². The molecule has 0 spiro atoms. The minimum atomic E-state index is 0.428. The summed E-state index contributed by atoms with van der Waals surface area (Å²) >= 11 is 1.83. The van der Waals surface area contributed by atoms with E-state index in [2.05, 4.69) is 43.6 Å². The molecule has 2 unspecified atom stereocenters. The van der Waals surface area contributed by atoms with Gasteiger partial charge in [0.15, 0.2) is 0 Å². The van der Waals surface area contributed by atoms with Crippen LogP contribution in [0.5, 0.6) is 0 Å². The van der Waals surface area contributed by atoms with Crippen LogP contribution in [-0.4, -0.2) is 18.8 Å². The van der Waals surface area contributed by atoms with E-state index in [1.165, 1.54) is 4.88 Å². The number of rotatable bonds is 4. The fraction of sp³-hybridized carbons (Fsp3) is 0.714. The second kappa shape index (κ2) is 5.98. The van der Waals surface area contributed by atoms with Crippen molar-refractivity contribution >= 4 is 11.3 Å². The van der Waals surface area contributed by atoms with E-state index in [1.807, 2.05) is 11.3 Å². The predicted octanol–water partition coefficient (Wildman–Crippen LogP) is 3.60. The zero-order valence-electron chi connectivity index (χ0n) is 11.0. The molecule has 17 heavy (non-hydrogen) atoms. The Morgan fingerprint density at radius 2 is 2.24 bits per heavy atom. The quantitative estimate of drug-likeness (QED) is 0.885. The summed E-state index contributed by atoms with van der Waals surface area (Å²) in [5.41, 5.74) is 0. The first-order valence-electron chi connectivity index (χ1n) is 6.58. The number of thiophene rings is 1. The van der Waals surface area contributed by atoms with Crippen molar-refractivity contribution in [3.8, 4) is 0 Å². The van der Waals surface area contributed by atoms with Crippen molar-refractivity contribution in [1.29, 1.82) is 0 Å². The van der Waals surface area contributed by atoms with Crippen molar-refractivity contribution in [3.05, 3.63) is 22.4 Å². The normalized spacial score (nSPS) is 27.3. The van der Waals surface area contributed by atoms with Crippen molar-refractivity contribution in [2.45, 2.75) is 51.8 Å². The molecule has 0 aromatic carbocycles. The van der Waals surface area contributed by atoms with Gasteiger partial charge < -0.3 is 10.1 Å². The van der Waals surface area contributed by atoms with E-state index in [1.54, 1.807) is 0 Å². The molecule has 0 bridgehead atoms. The van der Waals surface area contributed by atoms with Crippen molar-refractivity contribution in [2.75, 3.05) is 6.61 Å². The lowest BCUT2D eigenvalue weighted by Gasteiger charge is -2.34. The number of nitrogens with one attached hydrogen (secondary N) is 1. The monoisotopic (exact) mass is 253 g/mol. The van der Waals surface area contributed by atoms with Crippen LogP contribution in [0.1, 0.15) is 44.5 Å². The van der Waals surface area contributed by atoms with E-state index < -0.39 is 0 Å². The minimum Gasteiger partial charge on any atom is -0.378 e. The smallest absolute Gasteiger partial charge is 0.0612 e. The second-order valence-corrected chi connectivity index (χ2v) is 6.26. The molecule has 0 amide bonds. The topological polar surface area (TPSA) is 21.3 Å². The average molecular weight is 253 g/mol. The first kappa shape index (κ1) is 13.1. The Morgan fingerprint density at radius 1 is 1.41 bits per heavy atom. The molecule has 1 saturated heterocycles. The maximum atomic E-state index is 5.80. The minimum absolute atomic E-state index is 0.428. The molecule has 3 heteroatoms. The van der Waals surface area contributed by atoms with Gasteiger partial charge in [-0.2, -0.15) is 0 Å². The summed E-state index contributed by atoms with van der Waals surface area (Å²) in [7, 11) is 0. The molecule has 1 aliphatic rings. The zero-order chi connectivity index (χ0) is 12.3. The molecule has 1 N–H and O–H groups in total. The van der Waals surface area contributed by atoms with Crippen LogP contribution in [0, 0.1) is 5.92 Å². The first-order chi connectivity index (χ1) is 8.16. The van der Waals surface area contributed by atoms with Gasteiger partial charge in [0.2, 0.25) is 0 Å². The third-order valence-corrected chi connectivity index (χ3v) is 4.57. The van der Waals surface area contributed by atoms with Gasteiger partial charge in [-0.3, -0.25) is 0 Å². The Hall–Kier alpha value is -0.380. The molecule has 1 aromatic heterocycles. The van der Waals surface area contributed by atoms with Gasteiger partial charge >= 0.3 is 0 Å². The molecule has 2 nitrogen and oxygen atoms in total. The fourth-order valence-electron chi connectivity index (χ4n) is 2.42. The molecule has 96 valence electrons. The summed E-state index contributed by atoms with van der Waals surface area (Å²) in [5.74, 6) is 0.622. The molecule has 2 rings (SSSR count). The first-order valence-corrected chi connectivity index (χ1v) is 7.46. The molecular weight excluding hydrogens is 230 g/mol. The van der Waals surface area contributed by atoms with Crippen LogP contribution in [0.2, 0.25) is 0 Å². The largest absolute Gasteiger partial charge is 0.378 e. The highest BCUT2D eigenvalue weighted by Gasteiger charge is 2.25. The molecule has 1 aliphatic heterocycles. The van der Waals surface area contributed by atoms with Crippen LogP contribution in [0.25, 0.3) is 0 Å². The summed E-state index contributed by atoms with van der Waals surface area (Å²) in [5, 5.41) is 5.88. The molecule has 0 saturated carbocycles. The van der Waals surface area contributed by atoms with Crippen LogP contribution in [-0.2, 0) is 4.74 Å². The zero-order valence-corrected chi connectivity index (χ0v) is 11.8. The Kier molecular flexibility index (Phi) is 4.60. The Labute approximate surface area is 108 Å². The van der Waals surface area contributed by atoms with E-state index in [9.17, 15) is 0 Å². The Bertz CT molecular complexity index is 323. The number of hydrogen-bond donors (Lipinski definition) is 1. The van der Waals surface area contributed by atoms with E-state index in [4.69, 9.17) is 4.74 Å². The maximum absolute atomic E-state index is 5.80. The van der Waals surface area contributed by atoms with Gasteiger partial charge in [-0.15, -0.1) is 11.3 Å². The standard InChI is InChI=1S/C14H23NOS/c1-10(2)13-9-12(6-7-16-13)15-11(3)14-5-4-8-17-14/h4-5,8,10-13,15H,6-7,9H2,1-3H3/t11-,12?,13?/m1/s1. The van der Waals surface area contributed by atoms with Crippen molar-refractivity contribution < 1.29 is 4.74 Å². The van der Waals surface area contributed by atoms with Gasteiger partial charge in [0.25, 0.3) is 0 Å². The maximum Gasteiger partial charge on any atom is 0.0612 e. The summed E-state index contributed by atoms with van der Waals surface area (Å²) in [4.78, 5) is 1.43. The lowest BCUT2D eigenvalue weighted by Crippen LogP contribution is -2.41. The summed E-state index contributed by atoms with van der Waals surface area (Å²) < 4.78 is 5.80. The van der Waals surface area contributed by atoms with Gasteiger partial charge in [-0.1, -0.05) is 19.9 Å². The van der Waals surface area contributed by atoms with Gasteiger partial charge in [0, 0.05) is 23.6 Å². The van der Waals surface area contributed by atoms with Gasteiger partial charge in [0.1, 0.15) is 0 Å². The van der Waals surface area contributed by atoms with Crippen LogP contribution in [0.15, 0.2) is 17.5 Å². The highest BCUT2D eigenvalue weighted by molar-refractivity contribution is 7.10. The molecule has 0 radical (unpaired) electrons. The highest BCUT2D eigenvalue weighted by Crippen LogP contribution is 2.24. The lowest BCUT2D eigenvalue weighted by atomic mass is 9.95. The average Bonchev–Trinajstić information content (AvgIpc) is 2.82. The van der Waals surface area contributed by atoms with Gasteiger partial charge in [-0.25, -0.2) is 0 Å². The SMILES string of the molecule is CC(C)C1CC(N[C@H](C)c2cccs2)CCO1. The fourth-order valence-corrected chi connectivity index (χ4v) is 3.16. The third kappa shape index (κ3) is 3.54. The number of hydrogen-bond acceptors (Lipinski definition) is 3. The van der Waals surface area contributed by atoms with E-state index in [-0.39, 0.29) is 0 Å². The number of ether oxygens (including phenoxy) is 1. The summed E-state index contributed by atoms with van der Waals surface area (Å²) in [6.45, 7) is 7.65. The predicted molar refractivity (Wildman–Crippen MR) is 73.5 cm³/mol. The van der Waals surface area contributed by atoms with Gasteiger partial charge in [-0.05, 0) is 37.1 Å². The molecular formula is C14H23NOS. The highest BCUT2D eigenvalue weighted by atomic mass is 32.1.